The second-order valence-electron chi connectivity index (χ2n) is 5.84. The Balaban J connectivity index is 2.17. The molecule has 24 heavy (non-hydrogen) atoms. The standard InChI is InChI=1S/C21H18O2S/c1-14(2)15-6-4-8-18-16(9-10-17-7-5-11-24-17)13-20(19(18)12-15)21(22)23-3/h4-8,11-14H,1-3H3. The van der Waals surface area contributed by atoms with E-state index in [1.54, 1.807) is 11.3 Å². The van der Waals surface area contributed by atoms with E-state index in [1.165, 1.54) is 12.7 Å². The number of hydrogen-bond acceptors (Lipinski definition) is 3. The smallest absolute Gasteiger partial charge is 0.338 e. The molecule has 120 valence electrons. The topological polar surface area (TPSA) is 26.3 Å². The highest BCUT2D eigenvalue weighted by molar-refractivity contribution is 7.10. The Morgan fingerprint density at radius 3 is 2.58 bits per heavy atom. The van der Waals surface area contributed by atoms with Gasteiger partial charge in [0.05, 0.1) is 17.6 Å². The predicted octanol–water partition coefficient (Wildman–Crippen LogP) is 5.16. The third kappa shape index (κ3) is 3.20. The molecule has 3 heteroatoms. The molecular formula is C21H18O2S. The molecule has 0 amide bonds. The number of ether oxygens (including phenoxy) is 1. The van der Waals surface area contributed by atoms with Gasteiger partial charge in [0.15, 0.2) is 0 Å². The molecular weight excluding hydrogens is 316 g/mol. The number of carbonyl (C=O) groups excluding carboxylic acids is 1. The van der Waals surface area contributed by atoms with Crippen LogP contribution in [0.5, 0.6) is 0 Å². The van der Waals surface area contributed by atoms with Crippen molar-refractivity contribution in [2.45, 2.75) is 19.8 Å². The number of methoxy groups -OCH3 is 1. The van der Waals surface area contributed by atoms with Gasteiger partial charge in [-0.3, -0.25) is 0 Å². The zero-order valence-electron chi connectivity index (χ0n) is 13.9. The second-order valence-corrected chi connectivity index (χ2v) is 6.79. The lowest BCUT2D eigenvalue weighted by molar-refractivity contribution is 0.0602. The molecule has 0 N–H and O–H groups in total. The van der Waals surface area contributed by atoms with E-state index >= 15 is 0 Å². The molecule has 0 aromatic carbocycles. The molecule has 0 bridgehead atoms. The van der Waals surface area contributed by atoms with Gasteiger partial charge in [-0.1, -0.05) is 50.0 Å². The van der Waals surface area contributed by atoms with Crippen molar-refractivity contribution in [1.29, 1.82) is 0 Å². The molecule has 1 aromatic heterocycles. The minimum absolute atomic E-state index is 0.329. The van der Waals surface area contributed by atoms with Crippen molar-refractivity contribution in [1.82, 2.24) is 0 Å². The largest absolute Gasteiger partial charge is 0.465 e. The van der Waals surface area contributed by atoms with Gasteiger partial charge in [0.1, 0.15) is 0 Å². The van der Waals surface area contributed by atoms with Crippen molar-refractivity contribution in [2.75, 3.05) is 7.11 Å². The van der Waals surface area contributed by atoms with Gasteiger partial charge in [-0.25, -0.2) is 4.79 Å². The summed E-state index contributed by atoms with van der Waals surface area (Å²) in [6.07, 6.45) is 0. The van der Waals surface area contributed by atoms with Gasteiger partial charge in [-0.2, -0.15) is 0 Å². The fourth-order valence-corrected chi connectivity index (χ4v) is 3.19. The van der Waals surface area contributed by atoms with E-state index in [0.29, 0.717) is 11.5 Å². The van der Waals surface area contributed by atoms with Gasteiger partial charge in [0, 0.05) is 5.56 Å². The highest BCUT2D eigenvalue weighted by Gasteiger charge is 2.20. The van der Waals surface area contributed by atoms with E-state index in [2.05, 4.69) is 37.8 Å². The molecule has 0 unspecified atom stereocenters. The molecule has 0 radical (unpaired) electrons. The molecule has 0 fully saturated rings. The van der Waals surface area contributed by atoms with Crippen LogP contribution in [0.3, 0.4) is 0 Å². The maximum atomic E-state index is 12.2. The minimum Gasteiger partial charge on any atom is -0.465 e. The molecule has 0 atom stereocenters. The first-order valence-corrected chi connectivity index (χ1v) is 8.68. The first kappa shape index (κ1) is 16.3. The zero-order chi connectivity index (χ0) is 17.1. The molecule has 1 heterocycles. The second kappa shape index (κ2) is 6.90. The first-order chi connectivity index (χ1) is 11.6. The third-order valence-electron chi connectivity index (χ3n) is 3.94. The van der Waals surface area contributed by atoms with Crippen molar-refractivity contribution < 1.29 is 9.53 Å². The highest BCUT2D eigenvalue weighted by Crippen LogP contribution is 2.34. The van der Waals surface area contributed by atoms with Gasteiger partial charge in [-0.15, -0.1) is 11.3 Å². The lowest BCUT2D eigenvalue weighted by Crippen LogP contribution is -2.00. The van der Waals surface area contributed by atoms with Crippen molar-refractivity contribution in [3.05, 3.63) is 69.4 Å². The van der Waals surface area contributed by atoms with Crippen LogP contribution in [-0.4, -0.2) is 13.1 Å². The summed E-state index contributed by atoms with van der Waals surface area (Å²) < 4.78 is 4.95. The fraction of sp³-hybridized carbons (Fsp3) is 0.190. The monoisotopic (exact) mass is 334 g/mol. The number of hydrogen-bond donors (Lipinski definition) is 0. The summed E-state index contributed by atoms with van der Waals surface area (Å²) in [6, 6.07) is 14.0. The van der Waals surface area contributed by atoms with Crippen molar-refractivity contribution in [3.63, 3.8) is 0 Å². The Bertz CT molecular complexity index is 895. The fourth-order valence-electron chi connectivity index (χ4n) is 2.62. The maximum absolute atomic E-state index is 12.2. The van der Waals surface area contributed by atoms with Gasteiger partial charge in [0.2, 0.25) is 0 Å². The molecule has 0 spiro atoms. The van der Waals surface area contributed by atoms with Gasteiger partial charge >= 0.3 is 5.97 Å². The Kier molecular flexibility index (Phi) is 4.69. The van der Waals surface area contributed by atoms with E-state index in [4.69, 9.17) is 4.74 Å². The number of carbonyl (C=O) groups is 1. The van der Waals surface area contributed by atoms with Crippen molar-refractivity contribution in [3.8, 4) is 23.0 Å². The van der Waals surface area contributed by atoms with E-state index in [-0.39, 0.29) is 5.97 Å². The zero-order valence-corrected chi connectivity index (χ0v) is 14.7. The van der Waals surface area contributed by atoms with Crippen LogP contribution >= 0.6 is 11.3 Å². The van der Waals surface area contributed by atoms with Crippen molar-refractivity contribution >= 4 is 17.3 Å². The predicted molar refractivity (Wildman–Crippen MR) is 98.8 cm³/mol. The van der Waals surface area contributed by atoms with E-state index in [0.717, 1.165) is 21.6 Å². The Hall–Kier alpha value is -2.57. The van der Waals surface area contributed by atoms with Crippen LogP contribution in [0.1, 0.15) is 46.1 Å². The van der Waals surface area contributed by atoms with Crippen LogP contribution in [-0.2, 0) is 4.74 Å². The highest BCUT2D eigenvalue weighted by atomic mass is 32.1. The summed E-state index contributed by atoms with van der Waals surface area (Å²) in [5.41, 5.74) is 4.47. The van der Waals surface area contributed by atoms with Gasteiger partial charge in [-0.05, 0) is 46.2 Å². The summed E-state index contributed by atoms with van der Waals surface area (Å²) >= 11 is 1.60. The van der Waals surface area contributed by atoms with Crippen LogP contribution in [0.15, 0.2) is 47.8 Å². The Morgan fingerprint density at radius 1 is 1.08 bits per heavy atom. The quantitative estimate of drug-likeness (QED) is 0.478. The van der Waals surface area contributed by atoms with Crippen LogP contribution in [0.25, 0.3) is 11.1 Å². The number of rotatable bonds is 2. The third-order valence-corrected chi connectivity index (χ3v) is 4.72. The summed E-state index contributed by atoms with van der Waals surface area (Å²) in [4.78, 5) is 13.2. The van der Waals surface area contributed by atoms with Crippen LogP contribution in [0.4, 0.5) is 0 Å². The van der Waals surface area contributed by atoms with Crippen molar-refractivity contribution in [2.24, 2.45) is 0 Å². The average Bonchev–Trinajstić information content (AvgIpc) is 3.14. The summed E-state index contributed by atoms with van der Waals surface area (Å²) in [6.45, 7) is 4.28. The molecule has 1 aromatic rings. The number of fused-ring (bicyclic) bond motifs is 1. The van der Waals surface area contributed by atoms with Crippen LogP contribution < -0.4 is 0 Å². The lowest BCUT2D eigenvalue weighted by atomic mass is 10.0. The Labute approximate surface area is 146 Å². The molecule has 0 saturated heterocycles. The molecule has 3 rings (SSSR count). The van der Waals surface area contributed by atoms with E-state index in [1.807, 2.05) is 35.7 Å². The molecule has 2 aliphatic carbocycles. The molecule has 2 nitrogen and oxygen atoms in total. The van der Waals surface area contributed by atoms with Crippen LogP contribution in [0, 0.1) is 11.8 Å². The summed E-state index contributed by atoms with van der Waals surface area (Å²) in [5.74, 6) is 6.42. The lowest BCUT2D eigenvalue weighted by Gasteiger charge is -2.04. The van der Waals surface area contributed by atoms with Gasteiger partial charge in [0.25, 0.3) is 0 Å². The first-order valence-electron chi connectivity index (χ1n) is 7.80. The Morgan fingerprint density at radius 2 is 1.92 bits per heavy atom. The molecule has 2 aliphatic rings. The number of thiophene rings is 1. The SMILES string of the molecule is COC(=O)c1cc(C#Cc2cccs2)c2cccc(C(C)C)cc1-2. The van der Waals surface area contributed by atoms with Gasteiger partial charge < -0.3 is 4.74 Å². The summed E-state index contributed by atoms with van der Waals surface area (Å²) in [7, 11) is 1.41. The minimum atomic E-state index is -0.329. The maximum Gasteiger partial charge on any atom is 0.338 e. The molecule has 0 aliphatic heterocycles. The van der Waals surface area contributed by atoms with E-state index in [9.17, 15) is 4.79 Å². The van der Waals surface area contributed by atoms with Crippen LogP contribution in [0.2, 0.25) is 0 Å². The summed E-state index contributed by atoms with van der Waals surface area (Å²) in [5, 5.41) is 2.00. The molecule has 0 saturated carbocycles. The van der Waals surface area contributed by atoms with E-state index < -0.39 is 0 Å². The average molecular weight is 334 g/mol. The normalized spacial score (nSPS) is 10.5. The number of esters is 1.